The number of carbonyl (C=O) groups is 2. The molecule has 0 spiro atoms. The second-order valence-electron chi connectivity index (χ2n) is 6.68. The number of amides is 2. The van der Waals surface area contributed by atoms with E-state index in [0.717, 1.165) is 22.0 Å². The first-order valence-electron chi connectivity index (χ1n) is 8.78. The summed E-state index contributed by atoms with van der Waals surface area (Å²) in [4.78, 5) is 27.6. The lowest BCUT2D eigenvalue weighted by Gasteiger charge is -2.13. The normalized spacial score (nSPS) is 13.4. The molecular formula is C23H16N2O2. The average Bonchev–Trinajstić information content (AvgIpc) is 3.20. The molecule has 0 unspecified atom stereocenters. The summed E-state index contributed by atoms with van der Waals surface area (Å²) < 4.78 is 1.92. The van der Waals surface area contributed by atoms with Crippen molar-refractivity contribution in [3.8, 4) is 11.1 Å². The Labute approximate surface area is 156 Å². The first-order chi connectivity index (χ1) is 13.2. The Hall–Kier alpha value is -3.66. The molecule has 1 aromatic heterocycles. The molecule has 0 fully saturated rings. The summed E-state index contributed by atoms with van der Waals surface area (Å²) in [6.45, 7) is 0. The van der Waals surface area contributed by atoms with Crippen LogP contribution in [-0.2, 0) is 7.05 Å². The SMILES string of the molecule is Cn1ccc2c(-c3ccccc3)cc3c(c21)C(=O)N(c1ccccc1)C3=O. The minimum absolute atomic E-state index is 0.271. The van der Waals surface area contributed by atoms with Crippen LogP contribution in [0.4, 0.5) is 5.69 Å². The number of aromatic nitrogens is 1. The molecule has 5 rings (SSSR count). The van der Waals surface area contributed by atoms with E-state index in [1.54, 1.807) is 12.1 Å². The largest absolute Gasteiger partial charge is 0.350 e. The summed E-state index contributed by atoms with van der Waals surface area (Å²) in [7, 11) is 1.90. The first kappa shape index (κ1) is 15.6. The van der Waals surface area contributed by atoms with E-state index in [9.17, 15) is 9.59 Å². The number of carbonyl (C=O) groups excluding carboxylic acids is 2. The summed E-state index contributed by atoms with van der Waals surface area (Å²) in [5, 5.41) is 0.971. The molecule has 0 aliphatic carbocycles. The van der Waals surface area contributed by atoms with Crippen LogP contribution in [0.5, 0.6) is 0 Å². The zero-order valence-corrected chi connectivity index (χ0v) is 14.7. The highest BCUT2D eigenvalue weighted by molar-refractivity contribution is 6.38. The number of nitrogens with zero attached hydrogens (tertiary/aromatic N) is 2. The Balaban J connectivity index is 1.81. The molecule has 1 aliphatic rings. The Kier molecular flexibility index (Phi) is 3.28. The monoisotopic (exact) mass is 352 g/mol. The Morgan fingerprint density at radius 1 is 0.741 bits per heavy atom. The molecule has 3 aromatic carbocycles. The molecule has 0 N–H and O–H groups in total. The fourth-order valence-corrected chi connectivity index (χ4v) is 3.86. The fraction of sp³-hybridized carbons (Fsp3) is 0.0435. The molecule has 0 saturated heterocycles. The van der Waals surface area contributed by atoms with Crippen LogP contribution in [-0.4, -0.2) is 16.4 Å². The predicted octanol–water partition coefficient (Wildman–Crippen LogP) is 4.65. The van der Waals surface area contributed by atoms with Gasteiger partial charge in [-0.3, -0.25) is 9.59 Å². The van der Waals surface area contributed by atoms with Gasteiger partial charge in [-0.1, -0.05) is 48.5 Å². The van der Waals surface area contributed by atoms with E-state index in [1.807, 2.05) is 78.5 Å². The van der Waals surface area contributed by atoms with Crippen molar-refractivity contribution in [3.63, 3.8) is 0 Å². The number of hydrogen-bond donors (Lipinski definition) is 0. The summed E-state index contributed by atoms with van der Waals surface area (Å²) in [5.41, 5.74) is 4.30. The van der Waals surface area contributed by atoms with E-state index in [0.29, 0.717) is 16.8 Å². The van der Waals surface area contributed by atoms with E-state index in [1.165, 1.54) is 4.90 Å². The second-order valence-corrected chi connectivity index (χ2v) is 6.68. The van der Waals surface area contributed by atoms with Crippen molar-refractivity contribution in [1.29, 1.82) is 0 Å². The summed E-state index contributed by atoms with van der Waals surface area (Å²) in [6, 6.07) is 22.9. The Morgan fingerprint density at radius 3 is 2.11 bits per heavy atom. The first-order valence-corrected chi connectivity index (χ1v) is 8.78. The van der Waals surface area contributed by atoms with E-state index < -0.39 is 0 Å². The molecule has 0 saturated carbocycles. The van der Waals surface area contributed by atoms with Gasteiger partial charge < -0.3 is 4.57 Å². The van der Waals surface area contributed by atoms with E-state index in [2.05, 4.69) is 0 Å². The lowest BCUT2D eigenvalue weighted by Crippen LogP contribution is -2.29. The third kappa shape index (κ3) is 2.16. The standard InChI is InChI=1S/C23H16N2O2/c1-24-13-12-17-18(15-8-4-2-5-9-15)14-19-20(21(17)24)23(27)25(22(19)26)16-10-6-3-7-11-16/h2-14H,1H3. The van der Waals surface area contributed by atoms with Gasteiger partial charge in [-0.25, -0.2) is 4.90 Å². The zero-order valence-electron chi connectivity index (χ0n) is 14.7. The van der Waals surface area contributed by atoms with Crippen molar-refractivity contribution in [2.24, 2.45) is 7.05 Å². The van der Waals surface area contributed by atoms with Gasteiger partial charge in [-0.15, -0.1) is 0 Å². The van der Waals surface area contributed by atoms with Gasteiger partial charge in [0, 0.05) is 18.6 Å². The number of benzene rings is 3. The maximum atomic E-state index is 13.2. The van der Waals surface area contributed by atoms with Crippen LogP contribution in [0.2, 0.25) is 0 Å². The fourth-order valence-electron chi connectivity index (χ4n) is 3.86. The van der Waals surface area contributed by atoms with E-state index in [-0.39, 0.29) is 11.8 Å². The van der Waals surface area contributed by atoms with Crippen LogP contribution < -0.4 is 4.90 Å². The molecular weight excluding hydrogens is 336 g/mol. The van der Waals surface area contributed by atoms with E-state index >= 15 is 0 Å². The third-order valence-electron chi connectivity index (χ3n) is 5.11. The summed E-state index contributed by atoms with van der Waals surface area (Å²) in [5.74, 6) is -0.547. The van der Waals surface area contributed by atoms with Gasteiger partial charge in [0.05, 0.1) is 22.3 Å². The van der Waals surface area contributed by atoms with Crippen molar-refractivity contribution in [2.45, 2.75) is 0 Å². The third-order valence-corrected chi connectivity index (χ3v) is 5.11. The van der Waals surface area contributed by atoms with Crippen molar-refractivity contribution >= 4 is 28.4 Å². The number of aryl methyl sites for hydroxylation is 1. The van der Waals surface area contributed by atoms with Gasteiger partial charge in [0.25, 0.3) is 11.8 Å². The highest BCUT2D eigenvalue weighted by Gasteiger charge is 2.39. The molecule has 2 heterocycles. The smallest absolute Gasteiger partial charge is 0.268 e. The molecule has 0 bridgehead atoms. The molecule has 4 nitrogen and oxygen atoms in total. The van der Waals surface area contributed by atoms with Gasteiger partial charge >= 0.3 is 0 Å². The summed E-state index contributed by atoms with van der Waals surface area (Å²) >= 11 is 0. The van der Waals surface area contributed by atoms with Crippen LogP contribution in [0.1, 0.15) is 20.7 Å². The molecule has 0 radical (unpaired) electrons. The predicted molar refractivity (Wildman–Crippen MR) is 106 cm³/mol. The van der Waals surface area contributed by atoms with Crippen molar-refractivity contribution in [2.75, 3.05) is 4.90 Å². The number of para-hydroxylation sites is 1. The lowest BCUT2D eigenvalue weighted by atomic mass is 9.96. The number of rotatable bonds is 2. The molecule has 2 amide bonds. The molecule has 130 valence electrons. The van der Waals surface area contributed by atoms with Crippen LogP contribution >= 0.6 is 0 Å². The zero-order chi connectivity index (χ0) is 18.5. The molecule has 27 heavy (non-hydrogen) atoms. The number of imide groups is 1. The quantitative estimate of drug-likeness (QED) is 0.493. The Bertz CT molecular complexity index is 1210. The van der Waals surface area contributed by atoms with E-state index in [4.69, 9.17) is 0 Å². The minimum atomic E-state index is -0.276. The van der Waals surface area contributed by atoms with Crippen LogP contribution in [0, 0.1) is 0 Å². The van der Waals surface area contributed by atoms with Crippen molar-refractivity contribution in [1.82, 2.24) is 4.57 Å². The lowest BCUT2D eigenvalue weighted by molar-refractivity contribution is 0.0926. The number of hydrogen-bond acceptors (Lipinski definition) is 2. The minimum Gasteiger partial charge on any atom is -0.350 e. The summed E-state index contributed by atoms with van der Waals surface area (Å²) in [6.07, 6.45) is 1.93. The number of fused-ring (bicyclic) bond motifs is 3. The van der Waals surface area contributed by atoms with Gasteiger partial charge in [0.1, 0.15) is 0 Å². The van der Waals surface area contributed by atoms with Gasteiger partial charge in [0.2, 0.25) is 0 Å². The van der Waals surface area contributed by atoms with Crippen LogP contribution in [0.15, 0.2) is 79.0 Å². The number of anilines is 1. The Morgan fingerprint density at radius 2 is 1.41 bits per heavy atom. The van der Waals surface area contributed by atoms with Crippen molar-refractivity contribution < 1.29 is 9.59 Å². The van der Waals surface area contributed by atoms with Crippen LogP contribution in [0.3, 0.4) is 0 Å². The van der Waals surface area contributed by atoms with Crippen LogP contribution in [0.25, 0.3) is 22.0 Å². The maximum absolute atomic E-state index is 13.2. The van der Waals surface area contributed by atoms with Crippen molar-refractivity contribution in [3.05, 3.63) is 90.1 Å². The molecule has 0 atom stereocenters. The maximum Gasteiger partial charge on any atom is 0.268 e. The highest BCUT2D eigenvalue weighted by atomic mass is 16.2. The average molecular weight is 352 g/mol. The molecule has 4 heteroatoms. The van der Waals surface area contributed by atoms with Gasteiger partial charge in [0.15, 0.2) is 0 Å². The molecule has 1 aliphatic heterocycles. The molecule has 4 aromatic rings. The van der Waals surface area contributed by atoms with Gasteiger partial charge in [-0.2, -0.15) is 0 Å². The highest BCUT2D eigenvalue weighted by Crippen LogP contribution is 2.39. The topological polar surface area (TPSA) is 42.3 Å². The van der Waals surface area contributed by atoms with Gasteiger partial charge in [-0.05, 0) is 35.4 Å². The second kappa shape index (κ2) is 5.68.